The molecule has 3 nitrogen and oxygen atoms in total. The molecule has 1 aliphatic rings. The Morgan fingerprint density at radius 2 is 0.635 bits per heavy atom. The SMILES string of the molecule is CC(C)(C)c1cc([N-]c2cc(C(C)(C)C)cc(C(C)(C)C)c2)cc(C(C)(C)C)c1.CC(C)c1cccc(C(C)C)c1[N+]1=C=[N+](c2c(C(C)C)cccc2C(C)C)c2ccccc21.[Au+]. The van der Waals surface area contributed by atoms with E-state index in [9.17, 15) is 0 Å². The molecule has 0 atom stereocenters. The van der Waals surface area contributed by atoms with Gasteiger partial charge < -0.3 is 5.32 Å². The summed E-state index contributed by atoms with van der Waals surface area (Å²) in [5, 5.41) is 5.14. The maximum atomic E-state index is 5.14. The normalized spacial score (nSPS) is 13.1. The molecule has 6 rings (SSSR count). The Morgan fingerprint density at radius 3 is 0.857 bits per heavy atom. The average molecular weight is 1030 g/mol. The van der Waals surface area contributed by atoms with Gasteiger partial charge in [-0.05, 0) is 76.7 Å². The van der Waals surface area contributed by atoms with E-state index in [1.807, 2.05) is 0 Å². The van der Waals surface area contributed by atoms with Gasteiger partial charge in [0.15, 0.2) is 0 Å². The molecule has 5 aromatic rings. The predicted molar refractivity (Wildman–Crippen MR) is 274 cm³/mol. The first-order valence-electron chi connectivity index (χ1n) is 23.3. The molecule has 0 fully saturated rings. The second kappa shape index (κ2) is 19.6. The molecule has 1 heterocycles. The molecule has 1 aliphatic heterocycles. The van der Waals surface area contributed by atoms with E-state index < -0.39 is 0 Å². The Balaban J connectivity index is 0.000000275. The van der Waals surface area contributed by atoms with Gasteiger partial charge in [0, 0.05) is 34.4 Å². The maximum absolute atomic E-state index is 5.14. The molecule has 0 saturated carbocycles. The summed E-state index contributed by atoms with van der Waals surface area (Å²) in [6.07, 6.45) is 0. The second-order valence-corrected chi connectivity index (χ2v) is 23.1. The minimum atomic E-state index is 0. The van der Waals surface area contributed by atoms with E-state index in [4.69, 9.17) is 5.32 Å². The van der Waals surface area contributed by atoms with E-state index in [1.165, 1.54) is 67.3 Å². The third kappa shape index (κ3) is 12.0. The zero-order chi connectivity index (χ0) is 46.3. The smallest absolute Gasteiger partial charge is 0.658 e. The number of fused-ring (bicyclic) bond motifs is 1. The molecular formula is C59H80AuN3+2. The van der Waals surface area contributed by atoms with Crippen molar-refractivity contribution in [3.63, 3.8) is 0 Å². The van der Waals surface area contributed by atoms with Crippen molar-refractivity contribution in [2.75, 3.05) is 0 Å². The van der Waals surface area contributed by atoms with Crippen LogP contribution in [0.2, 0.25) is 0 Å². The molecule has 63 heavy (non-hydrogen) atoms. The zero-order valence-electron chi connectivity index (χ0n) is 42.7. The first-order chi connectivity index (χ1) is 28.6. The molecule has 4 heteroatoms. The molecular weight excluding hydrogens is 948 g/mol. The van der Waals surface area contributed by atoms with E-state index >= 15 is 0 Å². The molecule has 0 unspecified atom stereocenters. The molecule has 0 saturated heterocycles. The van der Waals surface area contributed by atoms with Crippen LogP contribution in [0.25, 0.3) is 5.32 Å². The van der Waals surface area contributed by atoms with Gasteiger partial charge in [0.2, 0.25) is 11.4 Å². The predicted octanol–water partition coefficient (Wildman–Crippen LogP) is 18.2. The van der Waals surface area contributed by atoms with Gasteiger partial charge in [0.25, 0.3) is 11.4 Å². The summed E-state index contributed by atoms with van der Waals surface area (Å²) >= 11 is 0. The van der Waals surface area contributed by atoms with Crippen molar-refractivity contribution in [2.24, 2.45) is 0 Å². The van der Waals surface area contributed by atoms with Crippen molar-refractivity contribution in [3.05, 3.63) is 147 Å². The second-order valence-electron chi connectivity index (χ2n) is 23.1. The average Bonchev–Trinajstić information content (AvgIpc) is 3.55. The number of rotatable bonds is 8. The standard InChI is InChI=1S/C31H38N2.C28H42N.Au/c1-20(2)24-13-11-14-25(21(3)4)30(24)32-19-33(29-18-10-9-17-28(29)32)31-26(22(5)6)15-12-16-27(31)23(7)8;1-25(2,3)19-13-20(26(4,5)6)16-23(15-19)29-24-17-21(27(7,8)9)14-22(18-24)28(10,11)12;/h9-18,20-23H,1-8H3;13-18H,1-12H3;/q+2;-1;+1. The first-order valence-corrected chi connectivity index (χ1v) is 23.3. The molecule has 0 radical (unpaired) electrons. The van der Waals surface area contributed by atoms with Crippen LogP contribution in [0.5, 0.6) is 0 Å². The fraction of sp³-hybridized carbons (Fsp3) is 0.475. The largest absolute Gasteiger partial charge is 1.00 e. The summed E-state index contributed by atoms with van der Waals surface area (Å²) in [6, 6.07) is 39.9. The summed E-state index contributed by atoms with van der Waals surface area (Å²) in [6.45, 7) is 45.6. The summed E-state index contributed by atoms with van der Waals surface area (Å²) in [7, 11) is 0. The minimum absolute atomic E-state index is 0. The van der Waals surface area contributed by atoms with Crippen LogP contribution in [-0.2, 0) is 44.0 Å². The number of hydrogen-bond acceptors (Lipinski definition) is 0. The maximum Gasteiger partial charge on any atom is 1.00 e. The van der Waals surface area contributed by atoms with Crippen LogP contribution in [0.1, 0.15) is 207 Å². The topological polar surface area (TPSA) is 20.1 Å². The Morgan fingerprint density at radius 1 is 0.381 bits per heavy atom. The fourth-order valence-corrected chi connectivity index (χ4v) is 8.16. The van der Waals surface area contributed by atoms with Crippen molar-refractivity contribution in [1.29, 1.82) is 0 Å². The molecule has 0 bridgehead atoms. The van der Waals surface area contributed by atoms with E-state index in [2.05, 4.69) is 251 Å². The number of benzene rings is 5. The third-order valence-electron chi connectivity index (χ3n) is 12.3. The van der Waals surface area contributed by atoms with E-state index in [-0.39, 0.29) is 44.0 Å². The van der Waals surface area contributed by atoms with Crippen LogP contribution in [0, 0.1) is 0 Å². The summed E-state index contributed by atoms with van der Waals surface area (Å²) in [5.74, 6) is 1.71. The molecule has 0 spiro atoms. The number of para-hydroxylation sites is 4. The van der Waals surface area contributed by atoms with Crippen molar-refractivity contribution in [1.82, 2.24) is 9.15 Å². The van der Waals surface area contributed by atoms with Crippen LogP contribution >= 0.6 is 0 Å². The van der Waals surface area contributed by atoms with Crippen molar-refractivity contribution >= 4 is 40.1 Å². The molecule has 0 N–H and O–H groups in total. The van der Waals surface area contributed by atoms with Gasteiger partial charge in [0.1, 0.15) is 0 Å². The minimum Gasteiger partial charge on any atom is -0.658 e. The van der Waals surface area contributed by atoms with Gasteiger partial charge >= 0.3 is 28.4 Å². The monoisotopic (exact) mass is 1030 g/mol. The number of hydrogen-bond donors (Lipinski definition) is 0. The van der Waals surface area contributed by atoms with E-state index in [0.29, 0.717) is 23.7 Å². The Kier molecular flexibility index (Phi) is 16.1. The quantitative estimate of drug-likeness (QED) is 0.107. The van der Waals surface area contributed by atoms with Crippen molar-refractivity contribution in [2.45, 2.75) is 184 Å². The molecule has 340 valence electrons. The molecule has 0 amide bonds. The van der Waals surface area contributed by atoms with Gasteiger partial charge in [-0.3, -0.25) is 0 Å². The van der Waals surface area contributed by atoms with Gasteiger partial charge in [-0.2, -0.15) is 0 Å². The van der Waals surface area contributed by atoms with Crippen molar-refractivity contribution in [3.8, 4) is 0 Å². The van der Waals surface area contributed by atoms with Crippen LogP contribution in [0.4, 0.5) is 34.1 Å². The Labute approximate surface area is 400 Å². The van der Waals surface area contributed by atoms with Crippen LogP contribution in [0.15, 0.2) is 97.1 Å². The van der Waals surface area contributed by atoms with E-state index in [0.717, 1.165) is 11.4 Å². The summed E-state index contributed by atoms with van der Waals surface area (Å²) in [5.41, 5.74) is 18.3. The van der Waals surface area contributed by atoms with Gasteiger partial charge in [-0.15, -0.1) is 11.4 Å². The van der Waals surface area contributed by atoms with E-state index in [1.54, 1.807) is 0 Å². The zero-order valence-corrected chi connectivity index (χ0v) is 44.9. The third-order valence-corrected chi connectivity index (χ3v) is 12.3. The van der Waals surface area contributed by atoms with Gasteiger partial charge in [0.05, 0.1) is 0 Å². The van der Waals surface area contributed by atoms with Crippen LogP contribution in [-0.4, -0.2) is 6.01 Å². The number of nitrogens with zero attached hydrogens (tertiary/aromatic N) is 3. The fourth-order valence-electron chi connectivity index (χ4n) is 8.16. The summed E-state index contributed by atoms with van der Waals surface area (Å²) < 4.78 is 4.64. The first kappa shape index (κ1) is 51.7. The Bertz CT molecular complexity index is 2180. The van der Waals surface area contributed by atoms with Crippen LogP contribution < -0.4 is 9.15 Å². The van der Waals surface area contributed by atoms with Gasteiger partial charge in [-0.1, -0.05) is 223 Å². The van der Waals surface area contributed by atoms with Crippen molar-refractivity contribution < 1.29 is 22.4 Å². The molecule has 5 aromatic carbocycles. The van der Waals surface area contributed by atoms with Gasteiger partial charge in [-0.25, -0.2) is 0 Å². The molecule has 0 aromatic heterocycles. The Hall–Kier alpha value is -3.98. The molecule has 0 aliphatic carbocycles. The van der Waals surface area contributed by atoms with Crippen LogP contribution in [0.3, 0.4) is 0 Å². The summed E-state index contributed by atoms with van der Waals surface area (Å²) in [4.78, 5) is 0.